The zero-order valence-electron chi connectivity index (χ0n) is 11.8. The molecule has 2 heterocycles. The molecular formula is C14H17F2N3O2. The van der Waals surface area contributed by atoms with Gasteiger partial charge in [0.15, 0.2) is 0 Å². The summed E-state index contributed by atoms with van der Waals surface area (Å²) in [4.78, 5) is 16.0. The molecule has 2 aromatic heterocycles. The molecule has 0 radical (unpaired) electrons. The molecule has 0 fully saturated rings. The molecule has 114 valence electrons. The number of halogens is 2. The monoisotopic (exact) mass is 297 g/mol. The van der Waals surface area contributed by atoms with Crippen molar-refractivity contribution < 1.29 is 18.3 Å². The van der Waals surface area contributed by atoms with Crippen LogP contribution in [0.4, 0.5) is 8.78 Å². The molecule has 0 aliphatic heterocycles. The SMILES string of the molecule is COC[C@H](C)NC(=O)Cn1c(C(F)F)cc2cccnc21. The van der Waals surface area contributed by atoms with Gasteiger partial charge in [0.2, 0.25) is 5.91 Å². The molecule has 0 saturated heterocycles. The van der Waals surface area contributed by atoms with Crippen LogP contribution in [0.2, 0.25) is 0 Å². The van der Waals surface area contributed by atoms with E-state index in [0.29, 0.717) is 17.6 Å². The van der Waals surface area contributed by atoms with Crippen LogP contribution in [0, 0.1) is 0 Å². The number of carbonyl (C=O) groups is 1. The highest BCUT2D eigenvalue weighted by atomic mass is 19.3. The normalized spacial score (nSPS) is 12.8. The van der Waals surface area contributed by atoms with Crippen molar-refractivity contribution in [2.75, 3.05) is 13.7 Å². The van der Waals surface area contributed by atoms with Crippen LogP contribution in [0.5, 0.6) is 0 Å². The maximum atomic E-state index is 13.1. The Hall–Kier alpha value is -2.02. The first-order chi connectivity index (χ1) is 10.0. The highest BCUT2D eigenvalue weighted by Crippen LogP contribution is 2.26. The van der Waals surface area contributed by atoms with Crippen molar-refractivity contribution in [3.8, 4) is 0 Å². The molecule has 0 aromatic carbocycles. The molecular weight excluding hydrogens is 280 g/mol. The van der Waals surface area contributed by atoms with E-state index in [-0.39, 0.29) is 24.2 Å². The second kappa shape index (κ2) is 6.62. The van der Waals surface area contributed by atoms with Gasteiger partial charge in [0, 0.05) is 24.7 Å². The van der Waals surface area contributed by atoms with Crippen molar-refractivity contribution in [1.82, 2.24) is 14.9 Å². The highest BCUT2D eigenvalue weighted by Gasteiger charge is 2.19. The fraction of sp³-hybridized carbons (Fsp3) is 0.429. The molecule has 0 aliphatic carbocycles. The van der Waals surface area contributed by atoms with Crippen molar-refractivity contribution in [1.29, 1.82) is 0 Å². The van der Waals surface area contributed by atoms with E-state index in [2.05, 4.69) is 10.3 Å². The topological polar surface area (TPSA) is 56.1 Å². The van der Waals surface area contributed by atoms with Crippen molar-refractivity contribution in [2.24, 2.45) is 0 Å². The molecule has 0 saturated carbocycles. The van der Waals surface area contributed by atoms with Crippen molar-refractivity contribution >= 4 is 16.9 Å². The minimum absolute atomic E-state index is 0.188. The van der Waals surface area contributed by atoms with Gasteiger partial charge in [-0.1, -0.05) is 0 Å². The Labute approximate surface area is 120 Å². The second-order valence-corrected chi connectivity index (χ2v) is 4.80. The quantitative estimate of drug-likeness (QED) is 0.888. The van der Waals surface area contributed by atoms with Crippen LogP contribution in [-0.2, 0) is 16.1 Å². The molecule has 5 nitrogen and oxygen atoms in total. The van der Waals surface area contributed by atoms with Crippen LogP contribution < -0.4 is 5.32 Å². The lowest BCUT2D eigenvalue weighted by molar-refractivity contribution is -0.122. The number of rotatable bonds is 6. The van der Waals surface area contributed by atoms with Crippen LogP contribution >= 0.6 is 0 Å². The van der Waals surface area contributed by atoms with Crippen LogP contribution in [0.3, 0.4) is 0 Å². The Kier molecular flexibility index (Phi) is 4.85. The fourth-order valence-electron chi connectivity index (χ4n) is 2.21. The van der Waals surface area contributed by atoms with Gasteiger partial charge < -0.3 is 14.6 Å². The number of amides is 1. The summed E-state index contributed by atoms with van der Waals surface area (Å²) in [6.45, 7) is 1.94. The Balaban J connectivity index is 2.24. The van der Waals surface area contributed by atoms with E-state index in [1.165, 1.54) is 23.9 Å². The number of carbonyl (C=O) groups excluding carboxylic acids is 1. The Bertz CT molecular complexity index is 628. The van der Waals surface area contributed by atoms with E-state index < -0.39 is 6.43 Å². The molecule has 2 aromatic rings. The van der Waals surface area contributed by atoms with Crippen LogP contribution in [0.1, 0.15) is 19.0 Å². The minimum Gasteiger partial charge on any atom is -0.383 e. The number of methoxy groups -OCH3 is 1. The van der Waals surface area contributed by atoms with E-state index >= 15 is 0 Å². The number of fused-ring (bicyclic) bond motifs is 1. The lowest BCUT2D eigenvalue weighted by Crippen LogP contribution is -2.37. The number of pyridine rings is 1. The number of nitrogens with zero attached hydrogens (tertiary/aromatic N) is 2. The predicted molar refractivity (Wildman–Crippen MR) is 74.2 cm³/mol. The minimum atomic E-state index is -2.66. The Morgan fingerprint density at radius 2 is 2.29 bits per heavy atom. The third kappa shape index (κ3) is 3.55. The van der Waals surface area contributed by atoms with E-state index in [4.69, 9.17) is 4.74 Å². The van der Waals surface area contributed by atoms with Crippen LogP contribution in [0.15, 0.2) is 24.4 Å². The zero-order valence-corrected chi connectivity index (χ0v) is 11.8. The largest absolute Gasteiger partial charge is 0.383 e. The Morgan fingerprint density at radius 1 is 1.52 bits per heavy atom. The molecule has 21 heavy (non-hydrogen) atoms. The molecule has 7 heteroatoms. The van der Waals surface area contributed by atoms with Crippen molar-refractivity contribution in [3.63, 3.8) is 0 Å². The molecule has 0 spiro atoms. The first-order valence-corrected chi connectivity index (χ1v) is 6.53. The van der Waals surface area contributed by atoms with E-state index in [0.717, 1.165) is 0 Å². The first-order valence-electron chi connectivity index (χ1n) is 6.53. The van der Waals surface area contributed by atoms with E-state index in [9.17, 15) is 13.6 Å². The van der Waals surface area contributed by atoms with Crippen molar-refractivity contribution in [3.05, 3.63) is 30.1 Å². The lowest BCUT2D eigenvalue weighted by Gasteiger charge is -2.14. The summed E-state index contributed by atoms with van der Waals surface area (Å²) in [6, 6.07) is 4.53. The van der Waals surface area contributed by atoms with Gasteiger partial charge in [-0.05, 0) is 25.1 Å². The lowest BCUT2D eigenvalue weighted by atomic mass is 10.3. The number of hydrogen-bond donors (Lipinski definition) is 1. The average Bonchev–Trinajstić information content (AvgIpc) is 2.78. The molecule has 0 aliphatic rings. The summed E-state index contributed by atoms with van der Waals surface area (Å²) in [7, 11) is 1.53. The molecule has 0 bridgehead atoms. The summed E-state index contributed by atoms with van der Waals surface area (Å²) in [5.41, 5.74) is 0.167. The van der Waals surface area contributed by atoms with Gasteiger partial charge in [-0.25, -0.2) is 13.8 Å². The predicted octanol–water partition coefficient (Wildman–Crippen LogP) is 2.12. The summed E-state index contributed by atoms with van der Waals surface area (Å²) in [5, 5.41) is 3.28. The molecule has 1 N–H and O–H groups in total. The zero-order chi connectivity index (χ0) is 15.4. The van der Waals surface area contributed by atoms with E-state index in [1.807, 2.05) is 0 Å². The summed E-state index contributed by atoms with van der Waals surface area (Å²) in [6.07, 6.45) is -1.15. The molecule has 2 rings (SSSR count). The maximum absolute atomic E-state index is 13.1. The standard InChI is InChI=1S/C14H17F2N3O2/c1-9(8-21-2)18-12(20)7-19-11(13(15)16)6-10-4-3-5-17-14(10)19/h3-6,9,13H,7-8H2,1-2H3,(H,18,20)/t9-/m0/s1. The third-order valence-electron chi connectivity index (χ3n) is 3.04. The van der Waals surface area contributed by atoms with Gasteiger partial charge in [-0.15, -0.1) is 0 Å². The van der Waals surface area contributed by atoms with E-state index in [1.54, 1.807) is 19.1 Å². The highest BCUT2D eigenvalue weighted by molar-refractivity contribution is 5.82. The molecule has 1 atom stereocenters. The van der Waals surface area contributed by atoms with Gasteiger partial charge in [-0.3, -0.25) is 4.79 Å². The van der Waals surface area contributed by atoms with Crippen LogP contribution in [-0.4, -0.2) is 35.2 Å². The maximum Gasteiger partial charge on any atom is 0.278 e. The summed E-state index contributed by atoms with van der Waals surface area (Å²) < 4.78 is 32.4. The van der Waals surface area contributed by atoms with Gasteiger partial charge >= 0.3 is 0 Å². The molecule has 1 amide bonds. The molecule has 0 unspecified atom stereocenters. The van der Waals surface area contributed by atoms with Gasteiger partial charge in [-0.2, -0.15) is 0 Å². The Morgan fingerprint density at radius 3 is 2.95 bits per heavy atom. The number of aromatic nitrogens is 2. The number of alkyl halides is 2. The number of nitrogens with one attached hydrogen (secondary N) is 1. The van der Waals surface area contributed by atoms with Gasteiger partial charge in [0.05, 0.1) is 12.3 Å². The van der Waals surface area contributed by atoms with Crippen molar-refractivity contribution in [2.45, 2.75) is 25.9 Å². The summed E-state index contributed by atoms with van der Waals surface area (Å²) >= 11 is 0. The average molecular weight is 297 g/mol. The van der Waals surface area contributed by atoms with Gasteiger partial charge in [0.1, 0.15) is 12.2 Å². The fourth-order valence-corrected chi connectivity index (χ4v) is 2.21. The van der Waals surface area contributed by atoms with Gasteiger partial charge in [0.25, 0.3) is 6.43 Å². The van der Waals surface area contributed by atoms with Crippen LogP contribution in [0.25, 0.3) is 11.0 Å². The smallest absolute Gasteiger partial charge is 0.278 e. The second-order valence-electron chi connectivity index (χ2n) is 4.80. The first kappa shape index (κ1) is 15.4. The number of ether oxygens (including phenoxy) is 1. The summed E-state index contributed by atoms with van der Waals surface area (Å²) in [5.74, 6) is -0.357. The number of hydrogen-bond acceptors (Lipinski definition) is 3. The third-order valence-corrected chi connectivity index (χ3v) is 3.04.